The van der Waals surface area contributed by atoms with E-state index in [1.165, 1.54) is 11.1 Å². The lowest BCUT2D eigenvalue weighted by Gasteiger charge is -2.05. The number of hydrogen-bond donors (Lipinski definition) is 0. The SMILES string of the molecule is C=C(C)S/C=C(\C)Cc1cccc(OC)c1. The van der Waals surface area contributed by atoms with E-state index in [-0.39, 0.29) is 0 Å². The summed E-state index contributed by atoms with van der Waals surface area (Å²) in [4.78, 5) is 1.12. The maximum atomic E-state index is 5.20. The molecule has 2 heteroatoms. The molecule has 0 radical (unpaired) electrons. The van der Waals surface area contributed by atoms with Crippen molar-refractivity contribution in [1.29, 1.82) is 0 Å². The van der Waals surface area contributed by atoms with Gasteiger partial charge in [-0.2, -0.15) is 0 Å². The second kappa shape index (κ2) is 6.44. The van der Waals surface area contributed by atoms with Crippen molar-refractivity contribution < 1.29 is 4.74 Å². The zero-order valence-corrected chi connectivity index (χ0v) is 10.9. The topological polar surface area (TPSA) is 9.23 Å². The number of allylic oxidation sites excluding steroid dienone is 2. The molecule has 0 aromatic heterocycles. The molecule has 0 unspecified atom stereocenters. The Hall–Kier alpha value is -1.15. The summed E-state index contributed by atoms with van der Waals surface area (Å²) in [5.74, 6) is 0.915. The van der Waals surface area contributed by atoms with Crippen LogP contribution in [0.4, 0.5) is 0 Å². The Labute approximate surface area is 102 Å². The molecule has 0 N–H and O–H groups in total. The molecule has 0 spiro atoms. The van der Waals surface area contributed by atoms with Crippen molar-refractivity contribution in [2.75, 3.05) is 7.11 Å². The van der Waals surface area contributed by atoms with E-state index >= 15 is 0 Å². The van der Waals surface area contributed by atoms with Gasteiger partial charge in [-0.3, -0.25) is 0 Å². The molecule has 0 bridgehead atoms. The zero-order valence-electron chi connectivity index (χ0n) is 10.1. The van der Waals surface area contributed by atoms with E-state index in [2.05, 4.69) is 31.0 Å². The van der Waals surface area contributed by atoms with E-state index in [1.54, 1.807) is 18.9 Å². The average molecular weight is 234 g/mol. The number of hydrogen-bond acceptors (Lipinski definition) is 2. The van der Waals surface area contributed by atoms with Crippen LogP contribution in [0.1, 0.15) is 19.4 Å². The number of methoxy groups -OCH3 is 1. The van der Waals surface area contributed by atoms with Crippen LogP contribution >= 0.6 is 11.8 Å². The minimum Gasteiger partial charge on any atom is -0.497 e. The van der Waals surface area contributed by atoms with Crippen LogP contribution in [0.3, 0.4) is 0 Å². The smallest absolute Gasteiger partial charge is 0.119 e. The molecular formula is C14H18OS. The highest BCUT2D eigenvalue weighted by atomic mass is 32.2. The van der Waals surface area contributed by atoms with Gasteiger partial charge in [0.25, 0.3) is 0 Å². The van der Waals surface area contributed by atoms with Crippen LogP contribution in [0.15, 0.2) is 46.7 Å². The normalized spacial score (nSPS) is 11.3. The first-order valence-electron chi connectivity index (χ1n) is 5.22. The van der Waals surface area contributed by atoms with Gasteiger partial charge in [0.2, 0.25) is 0 Å². The second-order valence-corrected chi connectivity index (χ2v) is 4.98. The van der Waals surface area contributed by atoms with E-state index in [4.69, 9.17) is 4.74 Å². The molecule has 1 nitrogen and oxygen atoms in total. The lowest BCUT2D eigenvalue weighted by atomic mass is 10.1. The molecule has 0 aliphatic heterocycles. The van der Waals surface area contributed by atoms with Gasteiger partial charge in [0.1, 0.15) is 5.75 Å². The van der Waals surface area contributed by atoms with Crippen LogP contribution in [0, 0.1) is 0 Å². The van der Waals surface area contributed by atoms with Gasteiger partial charge in [-0.1, -0.05) is 24.3 Å². The van der Waals surface area contributed by atoms with Crippen LogP contribution in [0.25, 0.3) is 0 Å². The van der Waals surface area contributed by atoms with Crippen molar-refractivity contribution in [3.63, 3.8) is 0 Å². The maximum absolute atomic E-state index is 5.20. The molecule has 16 heavy (non-hydrogen) atoms. The average Bonchev–Trinajstić information content (AvgIpc) is 2.26. The highest BCUT2D eigenvalue weighted by Gasteiger charge is 1.97. The Kier molecular flexibility index (Phi) is 5.20. The van der Waals surface area contributed by atoms with Gasteiger partial charge in [0, 0.05) is 0 Å². The first-order valence-corrected chi connectivity index (χ1v) is 6.10. The molecule has 1 aromatic carbocycles. The monoisotopic (exact) mass is 234 g/mol. The Bertz CT molecular complexity index is 393. The van der Waals surface area contributed by atoms with E-state index in [0.29, 0.717) is 0 Å². The van der Waals surface area contributed by atoms with E-state index in [1.807, 2.05) is 19.1 Å². The Morgan fingerprint density at radius 3 is 2.81 bits per heavy atom. The lowest BCUT2D eigenvalue weighted by Crippen LogP contribution is -1.88. The molecule has 86 valence electrons. The first kappa shape index (κ1) is 12.9. The molecule has 0 saturated heterocycles. The highest BCUT2D eigenvalue weighted by Crippen LogP contribution is 2.20. The molecule has 0 fully saturated rings. The summed E-state index contributed by atoms with van der Waals surface area (Å²) in [6.07, 6.45) is 0.956. The van der Waals surface area contributed by atoms with E-state index in [0.717, 1.165) is 17.1 Å². The molecule has 1 aromatic rings. The van der Waals surface area contributed by atoms with E-state index in [9.17, 15) is 0 Å². The third kappa shape index (κ3) is 4.58. The van der Waals surface area contributed by atoms with Gasteiger partial charge in [-0.05, 0) is 48.3 Å². The summed E-state index contributed by atoms with van der Waals surface area (Å²) in [5.41, 5.74) is 2.61. The fraction of sp³-hybridized carbons (Fsp3) is 0.286. The third-order valence-corrected chi connectivity index (χ3v) is 3.00. The molecule has 0 amide bonds. The Morgan fingerprint density at radius 2 is 2.19 bits per heavy atom. The molecule has 0 aliphatic carbocycles. The van der Waals surface area contributed by atoms with Gasteiger partial charge in [-0.25, -0.2) is 0 Å². The third-order valence-electron chi connectivity index (χ3n) is 2.08. The van der Waals surface area contributed by atoms with Gasteiger partial charge < -0.3 is 4.74 Å². The number of thioether (sulfide) groups is 1. The summed E-state index contributed by atoms with van der Waals surface area (Å²) in [6.45, 7) is 8.01. The fourth-order valence-electron chi connectivity index (χ4n) is 1.35. The van der Waals surface area contributed by atoms with Crippen molar-refractivity contribution in [2.45, 2.75) is 20.3 Å². The summed E-state index contributed by atoms with van der Waals surface area (Å²) in [7, 11) is 1.69. The maximum Gasteiger partial charge on any atom is 0.119 e. The number of rotatable bonds is 5. The van der Waals surface area contributed by atoms with Crippen molar-refractivity contribution in [1.82, 2.24) is 0 Å². The van der Waals surface area contributed by atoms with Gasteiger partial charge in [-0.15, -0.1) is 11.8 Å². The van der Waals surface area contributed by atoms with Crippen molar-refractivity contribution in [3.8, 4) is 5.75 Å². The minimum atomic E-state index is 0.915. The van der Waals surface area contributed by atoms with Crippen molar-refractivity contribution >= 4 is 11.8 Å². The summed E-state index contributed by atoms with van der Waals surface area (Å²) < 4.78 is 5.20. The van der Waals surface area contributed by atoms with Crippen molar-refractivity contribution in [3.05, 3.63) is 52.3 Å². The molecule has 1 rings (SSSR count). The predicted molar refractivity (Wildman–Crippen MR) is 72.9 cm³/mol. The summed E-state index contributed by atoms with van der Waals surface area (Å²) in [5, 5.41) is 2.15. The molecular weight excluding hydrogens is 216 g/mol. The Balaban J connectivity index is 2.65. The summed E-state index contributed by atoms with van der Waals surface area (Å²) >= 11 is 1.68. The fourth-order valence-corrected chi connectivity index (χ4v) is 1.83. The van der Waals surface area contributed by atoms with Crippen LogP contribution in [-0.2, 0) is 6.42 Å². The largest absolute Gasteiger partial charge is 0.497 e. The number of ether oxygens (including phenoxy) is 1. The highest BCUT2D eigenvalue weighted by molar-refractivity contribution is 8.05. The predicted octanol–water partition coefficient (Wildman–Crippen LogP) is 4.41. The Morgan fingerprint density at radius 1 is 1.44 bits per heavy atom. The quantitative estimate of drug-likeness (QED) is 0.746. The van der Waals surface area contributed by atoms with Crippen LogP contribution in [-0.4, -0.2) is 7.11 Å². The molecule has 0 saturated carbocycles. The van der Waals surface area contributed by atoms with Gasteiger partial charge >= 0.3 is 0 Å². The standard InChI is InChI=1S/C14H18OS/c1-11(2)16-10-12(3)8-13-6-5-7-14(9-13)15-4/h5-7,9-10H,1,8H2,2-4H3/b12-10+. The van der Waals surface area contributed by atoms with Crippen LogP contribution in [0.5, 0.6) is 5.75 Å². The molecule has 0 aliphatic rings. The van der Waals surface area contributed by atoms with E-state index < -0.39 is 0 Å². The van der Waals surface area contributed by atoms with Crippen LogP contribution < -0.4 is 4.74 Å². The van der Waals surface area contributed by atoms with Gasteiger partial charge in [0.05, 0.1) is 7.11 Å². The first-order chi connectivity index (χ1) is 7.61. The molecule has 0 atom stereocenters. The minimum absolute atomic E-state index is 0.915. The summed E-state index contributed by atoms with van der Waals surface area (Å²) in [6, 6.07) is 8.17. The van der Waals surface area contributed by atoms with Gasteiger partial charge in [0.15, 0.2) is 0 Å². The lowest BCUT2D eigenvalue weighted by molar-refractivity contribution is 0.414. The van der Waals surface area contributed by atoms with Crippen molar-refractivity contribution in [2.24, 2.45) is 0 Å². The van der Waals surface area contributed by atoms with Crippen LogP contribution in [0.2, 0.25) is 0 Å². The number of benzene rings is 1. The molecule has 0 heterocycles. The second-order valence-electron chi connectivity index (χ2n) is 3.81. The zero-order chi connectivity index (χ0) is 12.0.